The molecule has 0 saturated heterocycles. The zero-order valence-electron chi connectivity index (χ0n) is 11.4. The number of nitro groups is 1. The summed E-state index contributed by atoms with van der Waals surface area (Å²) in [7, 11) is -3.09. The van der Waals surface area contributed by atoms with Crippen molar-refractivity contribution in [2.24, 2.45) is 5.14 Å². The van der Waals surface area contributed by atoms with Gasteiger partial charge in [-0.25, -0.2) is 13.6 Å². The standard InChI is InChI=1S/C11H14FN3O5S/c1-3-4-14(2)11(16)7-5-8(15(17)18)10(12)9(6-7)21(13,19)20/h5-6H,3-4H2,1-2H3,(H2,13,19,20). The number of nitrogens with two attached hydrogens (primary N) is 1. The number of hydrogen-bond donors (Lipinski definition) is 1. The lowest BCUT2D eigenvalue weighted by atomic mass is 10.1. The van der Waals surface area contributed by atoms with Crippen LogP contribution in [0, 0.1) is 15.9 Å². The molecule has 0 heterocycles. The smallest absolute Gasteiger partial charge is 0.307 e. The van der Waals surface area contributed by atoms with Crippen LogP contribution in [0.4, 0.5) is 10.1 Å². The summed E-state index contributed by atoms with van der Waals surface area (Å²) >= 11 is 0. The molecule has 1 amide bonds. The molecular weight excluding hydrogens is 305 g/mol. The zero-order valence-corrected chi connectivity index (χ0v) is 12.2. The van der Waals surface area contributed by atoms with Gasteiger partial charge in [-0.1, -0.05) is 6.92 Å². The fourth-order valence-corrected chi connectivity index (χ4v) is 2.35. The highest BCUT2D eigenvalue weighted by Crippen LogP contribution is 2.26. The number of rotatable bonds is 5. The number of amides is 1. The Balaban J connectivity index is 3.52. The summed E-state index contributed by atoms with van der Waals surface area (Å²) in [5, 5.41) is 15.6. The number of benzene rings is 1. The van der Waals surface area contributed by atoms with Crippen LogP contribution in [0.25, 0.3) is 0 Å². The first-order chi connectivity index (χ1) is 9.59. The monoisotopic (exact) mass is 319 g/mol. The first-order valence-electron chi connectivity index (χ1n) is 5.85. The van der Waals surface area contributed by atoms with Crippen LogP contribution in [0.3, 0.4) is 0 Å². The Hall–Kier alpha value is -2.07. The van der Waals surface area contributed by atoms with E-state index in [1.165, 1.54) is 11.9 Å². The lowest BCUT2D eigenvalue weighted by molar-refractivity contribution is -0.387. The molecular formula is C11H14FN3O5S. The molecule has 1 aromatic rings. The van der Waals surface area contributed by atoms with Gasteiger partial charge in [-0.05, 0) is 12.5 Å². The zero-order chi connectivity index (χ0) is 16.4. The van der Waals surface area contributed by atoms with Crippen LogP contribution in [0.5, 0.6) is 0 Å². The van der Waals surface area contributed by atoms with Crippen molar-refractivity contribution in [3.8, 4) is 0 Å². The fraction of sp³-hybridized carbons (Fsp3) is 0.364. The van der Waals surface area contributed by atoms with Crippen molar-refractivity contribution in [3.05, 3.63) is 33.6 Å². The third-order valence-corrected chi connectivity index (χ3v) is 3.59. The van der Waals surface area contributed by atoms with Gasteiger partial charge in [-0.2, -0.15) is 4.39 Å². The maximum Gasteiger partial charge on any atom is 0.307 e. The molecule has 0 saturated carbocycles. The van der Waals surface area contributed by atoms with Crippen molar-refractivity contribution in [1.29, 1.82) is 0 Å². The van der Waals surface area contributed by atoms with Crippen molar-refractivity contribution >= 4 is 21.6 Å². The minimum atomic E-state index is -4.53. The largest absolute Gasteiger partial charge is 0.342 e. The van der Waals surface area contributed by atoms with E-state index in [2.05, 4.69) is 0 Å². The summed E-state index contributed by atoms with van der Waals surface area (Å²) in [6.45, 7) is 2.17. The summed E-state index contributed by atoms with van der Waals surface area (Å²) in [4.78, 5) is 21.9. The first-order valence-corrected chi connectivity index (χ1v) is 7.40. The predicted molar refractivity (Wildman–Crippen MR) is 71.7 cm³/mol. The number of halogens is 1. The predicted octanol–water partition coefficient (Wildman–Crippen LogP) is 0.863. The molecule has 2 N–H and O–H groups in total. The minimum absolute atomic E-state index is 0.317. The van der Waals surface area contributed by atoms with Crippen molar-refractivity contribution in [2.45, 2.75) is 18.2 Å². The van der Waals surface area contributed by atoms with Crippen LogP contribution in [0.1, 0.15) is 23.7 Å². The normalized spacial score (nSPS) is 11.2. The molecule has 8 nitrogen and oxygen atoms in total. The average molecular weight is 319 g/mol. The van der Waals surface area contributed by atoms with Crippen LogP contribution >= 0.6 is 0 Å². The van der Waals surface area contributed by atoms with Gasteiger partial charge in [-0.15, -0.1) is 0 Å². The molecule has 1 aromatic carbocycles. The van der Waals surface area contributed by atoms with Gasteiger partial charge < -0.3 is 4.90 Å². The maximum absolute atomic E-state index is 13.8. The van der Waals surface area contributed by atoms with Crippen LogP contribution in [-0.4, -0.2) is 37.7 Å². The number of sulfonamides is 1. The second kappa shape index (κ2) is 6.14. The molecule has 21 heavy (non-hydrogen) atoms. The second-order valence-electron chi connectivity index (χ2n) is 4.34. The number of nitro benzene ring substituents is 1. The van der Waals surface area contributed by atoms with E-state index in [9.17, 15) is 27.7 Å². The SMILES string of the molecule is CCCN(C)C(=O)c1cc([N+](=O)[O-])c(F)c(S(N)(=O)=O)c1. The van der Waals surface area contributed by atoms with Crippen LogP contribution in [0.2, 0.25) is 0 Å². The molecule has 0 aliphatic carbocycles. The van der Waals surface area contributed by atoms with Crippen LogP contribution in [0.15, 0.2) is 17.0 Å². The molecule has 0 spiro atoms. The molecule has 0 atom stereocenters. The molecule has 0 bridgehead atoms. The Labute approximate surface area is 120 Å². The van der Waals surface area contributed by atoms with Gasteiger partial charge in [0, 0.05) is 25.2 Å². The Kier molecular flexibility index (Phi) is 4.97. The van der Waals surface area contributed by atoms with E-state index in [0.717, 1.165) is 0 Å². The van der Waals surface area contributed by atoms with Crippen LogP contribution < -0.4 is 5.14 Å². The van der Waals surface area contributed by atoms with E-state index in [1.807, 2.05) is 6.92 Å². The fourth-order valence-electron chi connectivity index (χ4n) is 1.70. The Bertz CT molecular complexity index is 689. The van der Waals surface area contributed by atoms with Gasteiger partial charge in [0.1, 0.15) is 4.90 Å². The van der Waals surface area contributed by atoms with E-state index >= 15 is 0 Å². The molecule has 10 heteroatoms. The van der Waals surface area contributed by atoms with Gasteiger partial charge in [-0.3, -0.25) is 14.9 Å². The summed E-state index contributed by atoms with van der Waals surface area (Å²) in [5.41, 5.74) is -1.43. The van der Waals surface area contributed by atoms with E-state index in [1.54, 1.807) is 0 Å². The number of primary sulfonamides is 1. The molecule has 0 fully saturated rings. The number of carbonyl (C=O) groups excluding carboxylic acids is 1. The second-order valence-corrected chi connectivity index (χ2v) is 5.87. The lowest BCUT2D eigenvalue weighted by Crippen LogP contribution is -2.28. The van der Waals surface area contributed by atoms with Gasteiger partial charge in [0.2, 0.25) is 15.8 Å². The van der Waals surface area contributed by atoms with Crippen LogP contribution in [-0.2, 0) is 10.0 Å². The Morgan fingerprint density at radius 2 is 2.05 bits per heavy atom. The van der Waals surface area contributed by atoms with E-state index in [0.29, 0.717) is 25.1 Å². The maximum atomic E-state index is 13.8. The Morgan fingerprint density at radius 1 is 1.48 bits per heavy atom. The third-order valence-electron chi connectivity index (χ3n) is 2.68. The van der Waals surface area contributed by atoms with Gasteiger partial charge >= 0.3 is 5.69 Å². The average Bonchev–Trinajstić information content (AvgIpc) is 2.36. The van der Waals surface area contributed by atoms with E-state index < -0.39 is 37.3 Å². The molecule has 0 unspecified atom stereocenters. The van der Waals surface area contributed by atoms with E-state index in [4.69, 9.17) is 5.14 Å². The Morgan fingerprint density at radius 3 is 2.48 bits per heavy atom. The molecule has 0 radical (unpaired) electrons. The van der Waals surface area contributed by atoms with Gasteiger partial charge in [0.15, 0.2) is 0 Å². The lowest BCUT2D eigenvalue weighted by Gasteiger charge is -2.16. The van der Waals surface area contributed by atoms with Gasteiger partial charge in [0.05, 0.1) is 4.92 Å². The highest BCUT2D eigenvalue weighted by molar-refractivity contribution is 7.89. The van der Waals surface area contributed by atoms with Crippen molar-refractivity contribution in [3.63, 3.8) is 0 Å². The first kappa shape index (κ1) is 17.0. The highest BCUT2D eigenvalue weighted by Gasteiger charge is 2.28. The molecule has 1 rings (SSSR count). The summed E-state index contributed by atoms with van der Waals surface area (Å²) in [6.07, 6.45) is 0.633. The quantitative estimate of drug-likeness (QED) is 0.637. The van der Waals surface area contributed by atoms with Crippen molar-refractivity contribution in [2.75, 3.05) is 13.6 Å². The molecule has 0 aromatic heterocycles. The molecule has 0 aliphatic rings. The van der Waals surface area contributed by atoms with E-state index in [-0.39, 0.29) is 5.56 Å². The highest BCUT2D eigenvalue weighted by atomic mass is 32.2. The van der Waals surface area contributed by atoms with Gasteiger partial charge in [0.25, 0.3) is 5.91 Å². The number of hydrogen-bond acceptors (Lipinski definition) is 5. The summed E-state index contributed by atoms with van der Waals surface area (Å²) < 4.78 is 36.4. The third kappa shape index (κ3) is 3.73. The van der Waals surface area contributed by atoms with Crippen molar-refractivity contribution in [1.82, 2.24) is 4.90 Å². The molecule has 116 valence electrons. The topological polar surface area (TPSA) is 124 Å². The summed E-state index contributed by atoms with van der Waals surface area (Å²) in [5.74, 6) is -2.25. The summed E-state index contributed by atoms with van der Waals surface area (Å²) in [6, 6.07) is 1.39. The number of nitrogens with zero attached hydrogens (tertiary/aromatic N) is 2. The molecule has 0 aliphatic heterocycles. The minimum Gasteiger partial charge on any atom is -0.342 e. The number of carbonyl (C=O) groups is 1. The van der Waals surface area contributed by atoms with Crippen molar-refractivity contribution < 1.29 is 22.5 Å².